The molecule has 1 aromatic heterocycles. The lowest BCUT2D eigenvalue weighted by molar-refractivity contribution is -0.164. The third-order valence-electron chi connectivity index (χ3n) is 5.80. The number of halogens is 1. The number of esters is 1. The number of carbonyl (C=O) groups excluding carboxylic acids is 1. The highest BCUT2D eigenvalue weighted by Gasteiger charge is 2.25. The maximum absolute atomic E-state index is 15.0. The van der Waals surface area contributed by atoms with E-state index < -0.39 is 11.8 Å². The summed E-state index contributed by atoms with van der Waals surface area (Å²) < 4.78 is 31.2. The second-order valence-electron chi connectivity index (χ2n) is 8.78. The highest BCUT2D eigenvalue weighted by molar-refractivity contribution is 5.98. The van der Waals surface area contributed by atoms with Crippen molar-refractivity contribution in [1.29, 1.82) is 5.41 Å². The van der Waals surface area contributed by atoms with Crippen LogP contribution in [0.3, 0.4) is 0 Å². The molecule has 0 bridgehead atoms. The molecule has 0 amide bonds. The van der Waals surface area contributed by atoms with Gasteiger partial charge in [0.05, 0.1) is 25.4 Å². The van der Waals surface area contributed by atoms with Gasteiger partial charge in [-0.25, -0.2) is 14.4 Å². The van der Waals surface area contributed by atoms with Gasteiger partial charge in [-0.3, -0.25) is 10.2 Å². The molecule has 1 aromatic carbocycles. The van der Waals surface area contributed by atoms with Crippen molar-refractivity contribution in [3.05, 3.63) is 42.0 Å². The Labute approximate surface area is 214 Å². The Balaban J connectivity index is 1.21. The van der Waals surface area contributed by atoms with Gasteiger partial charge in [0.1, 0.15) is 31.3 Å². The Bertz CT molecular complexity index is 1100. The first kappa shape index (κ1) is 26.4. The molecule has 0 aliphatic carbocycles. The molecule has 0 saturated carbocycles. The number of benzene rings is 1. The summed E-state index contributed by atoms with van der Waals surface area (Å²) >= 11 is 0. The summed E-state index contributed by atoms with van der Waals surface area (Å²) in [4.78, 5) is 27.6. The predicted octanol–water partition coefficient (Wildman–Crippen LogP) is 2.78. The van der Waals surface area contributed by atoms with Gasteiger partial charge in [-0.2, -0.15) is 0 Å². The number of amidine groups is 1. The Morgan fingerprint density at radius 3 is 2.78 bits per heavy atom. The predicted molar refractivity (Wildman–Crippen MR) is 134 cm³/mol. The number of ether oxygens (including phenoxy) is 3. The van der Waals surface area contributed by atoms with Gasteiger partial charge in [0, 0.05) is 42.1 Å². The molecule has 2 aliphatic rings. The maximum atomic E-state index is 15.0. The standard InChI is InChI=1S/C25H31FN6O5/c26-24-17(16-36-22(33)11-21(27)28)5-3-6-20(24)18-12-29-25(30-13-18)32-14-19(15-32)31-37-10-4-9-35-23-7-1-2-8-34-23/h3,5-6,12-13,23H,1-2,4,7-11,14-16H2,(H3,27,28). The molecule has 11 nitrogen and oxygen atoms in total. The summed E-state index contributed by atoms with van der Waals surface area (Å²) in [6.45, 7) is 2.68. The number of nitrogens with zero attached hydrogens (tertiary/aromatic N) is 4. The van der Waals surface area contributed by atoms with Gasteiger partial charge < -0.3 is 29.7 Å². The van der Waals surface area contributed by atoms with E-state index in [0.29, 0.717) is 43.4 Å². The van der Waals surface area contributed by atoms with Crippen molar-refractivity contribution in [1.82, 2.24) is 9.97 Å². The number of oxime groups is 1. The number of carbonyl (C=O) groups is 1. The first-order chi connectivity index (χ1) is 18.0. The van der Waals surface area contributed by atoms with Crippen molar-refractivity contribution in [3.8, 4) is 11.1 Å². The number of nitrogens with two attached hydrogens (primary N) is 1. The van der Waals surface area contributed by atoms with Gasteiger partial charge in [-0.05, 0) is 19.3 Å². The highest BCUT2D eigenvalue weighted by atomic mass is 19.1. The zero-order valence-electron chi connectivity index (χ0n) is 20.5. The summed E-state index contributed by atoms with van der Waals surface area (Å²) in [5.41, 5.74) is 7.07. The molecular formula is C25H31FN6O5. The molecular weight excluding hydrogens is 483 g/mol. The van der Waals surface area contributed by atoms with Crippen LogP contribution in [-0.4, -0.2) is 66.7 Å². The fourth-order valence-electron chi connectivity index (χ4n) is 3.81. The number of anilines is 1. The van der Waals surface area contributed by atoms with E-state index in [-0.39, 0.29) is 30.7 Å². The molecule has 0 radical (unpaired) electrons. The zero-order chi connectivity index (χ0) is 26.0. The molecule has 1 unspecified atom stereocenters. The molecule has 2 saturated heterocycles. The topological polar surface area (TPSA) is 145 Å². The van der Waals surface area contributed by atoms with Crippen LogP contribution in [0.2, 0.25) is 0 Å². The maximum Gasteiger partial charge on any atom is 0.313 e. The van der Waals surface area contributed by atoms with Crippen molar-refractivity contribution in [2.75, 3.05) is 37.8 Å². The Morgan fingerprint density at radius 1 is 1.24 bits per heavy atom. The van der Waals surface area contributed by atoms with Gasteiger partial charge in [0.2, 0.25) is 5.95 Å². The fourth-order valence-corrected chi connectivity index (χ4v) is 3.81. The molecule has 0 spiro atoms. The molecule has 3 heterocycles. The third-order valence-corrected chi connectivity index (χ3v) is 5.80. The van der Waals surface area contributed by atoms with E-state index in [4.69, 9.17) is 30.2 Å². The number of hydrogen-bond donors (Lipinski definition) is 2. The van der Waals surface area contributed by atoms with Gasteiger partial charge in [0.15, 0.2) is 6.29 Å². The van der Waals surface area contributed by atoms with Crippen LogP contribution in [0.15, 0.2) is 35.7 Å². The number of rotatable bonds is 12. The van der Waals surface area contributed by atoms with Crippen LogP contribution in [0.1, 0.15) is 37.7 Å². The molecule has 12 heteroatoms. The van der Waals surface area contributed by atoms with E-state index in [2.05, 4.69) is 15.1 Å². The highest BCUT2D eigenvalue weighted by Crippen LogP contribution is 2.26. The summed E-state index contributed by atoms with van der Waals surface area (Å²) in [7, 11) is 0. The minimum Gasteiger partial charge on any atom is -0.460 e. The van der Waals surface area contributed by atoms with Gasteiger partial charge in [0.25, 0.3) is 0 Å². The Kier molecular flexibility index (Phi) is 9.33. The monoisotopic (exact) mass is 514 g/mol. The normalized spacial score (nSPS) is 17.2. The summed E-state index contributed by atoms with van der Waals surface area (Å²) in [5, 5.41) is 11.3. The van der Waals surface area contributed by atoms with Crippen molar-refractivity contribution in [2.24, 2.45) is 10.9 Å². The lowest BCUT2D eigenvalue weighted by Crippen LogP contribution is -2.48. The molecule has 3 N–H and O–H groups in total. The lowest BCUT2D eigenvalue weighted by atomic mass is 10.1. The van der Waals surface area contributed by atoms with Crippen LogP contribution >= 0.6 is 0 Å². The van der Waals surface area contributed by atoms with Crippen molar-refractivity contribution in [3.63, 3.8) is 0 Å². The first-order valence-electron chi connectivity index (χ1n) is 12.2. The number of aromatic nitrogens is 2. The minimum atomic E-state index is -0.688. The Morgan fingerprint density at radius 2 is 2.05 bits per heavy atom. The molecule has 198 valence electrons. The quantitative estimate of drug-likeness (QED) is 0.144. The molecule has 2 aromatic rings. The summed E-state index contributed by atoms with van der Waals surface area (Å²) in [6.07, 6.45) is 6.61. The summed E-state index contributed by atoms with van der Waals surface area (Å²) in [6, 6.07) is 4.79. The number of hydrogen-bond acceptors (Lipinski definition) is 10. The average Bonchev–Trinajstić information content (AvgIpc) is 2.87. The van der Waals surface area contributed by atoms with Gasteiger partial charge in [-0.15, -0.1) is 0 Å². The van der Waals surface area contributed by atoms with Crippen molar-refractivity contribution in [2.45, 2.75) is 45.0 Å². The number of nitrogens with one attached hydrogen (secondary N) is 1. The zero-order valence-corrected chi connectivity index (χ0v) is 20.5. The lowest BCUT2D eigenvalue weighted by Gasteiger charge is -2.31. The van der Waals surface area contributed by atoms with Crippen molar-refractivity contribution >= 4 is 23.5 Å². The molecule has 1 atom stereocenters. The average molecular weight is 515 g/mol. The SMILES string of the molecule is N=C(N)CC(=O)OCc1cccc(-c2cnc(N3CC(=NOCCCOC4CCCCO4)C3)nc2)c1F. The van der Waals surface area contributed by atoms with E-state index in [0.717, 1.165) is 38.0 Å². The van der Waals surface area contributed by atoms with Gasteiger partial charge in [-0.1, -0.05) is 23.4 Å². The largest absolute Gasteiger partial charge is 0.460 e. The van der Waals surface area contributed by atoms with Crippen LogP contribution in [0, 0.1) is 11.2 Å². The summed E-state index contributed by atoms with van der Waals surface area (Å²) in [5.74, 6) is -1.01. The second-order valence-corrected chi connectivity index (χ2v) is 8.78. The second kappa shape index (κ2) is 13.1. The molecule has 37 heavy (non-hydrogen) atoms. The molecule has 4 rings (SSSR count). The van der Waals surface area contributed by atoms with Crippen LogP contribution < -0.4 is 10.6 Å². The van der Waals surface area contributed by atoms with Crippen LogP contribution in [-0.2, 0) is 30.4 Å². The molecule has 2 fully saturated rings. The van der Waals surface area contributed by atoms with Crippen molar-refractivity contribution < 1.29 is 28.2 Å². The smallest absolute Gasteiger partial charge is 0.313 e. The minimum absolute atomic E-state index is 0.0876. The van der Waals surface area contributed by atoms with Crippen LogP contribution in [0.4, 0.5) is 10.3 Å². The Hall–Kier alpha value is -3.64. The van der Waals surface area contributed by atoms with E-state index in [9.17, 15) is 9.18 Å². The van der Waals surface area contributed by atoms with E-state index >= 15 is 0 Å². The van der Waals surface area contributed by atoms with Crippen LogP contribution in [0.5, 0.6) is 0 Å². The van der Waals surface area contributed by atoms with E-state index in [1.807, 2.05) is 4.90 Å². The fraction of sp³-hybridized carbons (Fsp3) is 0.480. The van der Waals surface area contributed by atoms with Gasteiger partial charge >= 0.3 is 5.97 Å². The van der Waals surface area contributed by atoms with E-state index in [1.165, 1.54) is 6.07 Å². The third kappa shape index (κ3) is 7.67. The van der Waals surface area contributed by atoms with Crippen LogP contribution in [0.25, 0.3) is 11.1 Å². The first-order valence-corrected chi connectivity index (χ1v) is 12.2. The van der Waals surface area contributed by atoms with E-state index in [1.54, 1.807) is 24.5 Å². The molecule has 2 aliphatic heterocycles.